The van der Waals surface area contributed by atoms with Crippen LogP contribution in [-0.4, -0.2) is 16.8 Å². The fourth-order valence-electron chi connectivity index (χ4n) is 2.27. The highest BCUT2D eigenvalue weighted by atomic mass is 32.2. The Bertz CT molecular complexity index is 862. The molecule has 1 aliphatic heterocycles. The van der Waals surface area contributed by atoms with Crippen LogP contribution in [0.4, 0.5) is 10.1 Å². The summed E-state index contributed by atoms with van der Waals surface area (Å²) in [6.07, 6.45) is 3.43. The van der Waals surface area contributed by atoms with E-state index < -0.39 is 5.82 Å². The van der Waals surface area contributed by atoms with Crippen LogP contribution in [0, 0.1) is 5.82 Å². The first-order valence-electron chi connectivity index (χ1n) is 7.46. The molecule has 1 aliphatic rings. The number of carbonyl (C=O) groups excluding carboxylic acids is 1. The number of thiocarbonyl (C=S) groups is 1. The number of rotatable bonds is 5. The molecule has 1 amide bonds. The fourth-order valence-corrected chi connectivity index (χ4v) is 3.57. The quantitative estimate of drug-likeness (QED) is 0.429. The molecule has 3 nitrogen and oxygen atoms in total. The lowest BCUT2D eigenvalue weighted by Crippen LogP contribution is -2.27. The Labute approximate surface area is 154 Å². The van der Waals surface area contributed by atoms with Gasteiger partial charge in [-0.1, -0.05) is 54.8 Å². The minimum atomic E-state index is -0.411. The van der Waals surface area contributed by atoms with Gasteiger partial charge in [-0.15, -0.1) is 0 Å². The van der Waals surface area contributed by atoms with Crippen molar-refractivity contribution in [2.24, 2.45) is 0 Å². The molecule has 0 atom stereocenters. The predicted molar refractivity (Wildman–Crippen MR) is 104 cm³/mol. The molecule has 0 saturated carbocycles. The maximum Gasteiger partial charge on any atom is 0.270 e. The topological polar surface area (TPSA) is 29.5 Å². The number of halogens is 1. The smallest absolute Gasteiger partial charge is 0.270 e. The number of benzene rings is 2. The van der Waals surface area contributed by atoms with Crippen molar-refractivity contribution < 1.29 is 13.9 Å². The van der Waals surface area contributed by atoms with E-state index in [4.69, 9.17) is 17.0 Å². The highest BCUT2D eigenvalue weighted by Gasteiger charge is 2.33. The van der Waals surface area contributed by atoms with Crippen LogP contribution in [-0.2, 0) is 4.79 Å². The molecule has 0 bridgehead atoms. The number of carbonyl (C=O) groups is 1. The van der Waals surface area contributed by atoms with E-state index in [1.165, 1.54) is 28.8 Å². The number of ether oxygens (including phenoxy) is 1. The van der Waals surface area contributed by atoms with Crippen molar-refractivity contribution in [2.45, 2.75) is 0 Å². The molecular formula is C19H14FNO2S2. The second-order valence-electron chi connectivity index (χ2n) is 5.17. The van der Waals surface area contributed by atoms with Crippen LogP contribution >= 0.6 is 24.0 Å². The molecule has 3 rings (SSSR count). The lowest BCUT2D eigenvalue weighted by Gasteiger charge is -2.14. The van der Waals surface area contributed by atoms with E-state index in [1.807, 2.05) is 24.3 Å². The van der Waals surface area contributed by atoms with Gasteiger partial charge in [0.1, 0.15) is 18.2 Å². The summed E-state index contributed by atoms with van der Waals surface area (Å²) >= 11 is 6.48. The summed E-state index contributed by atoms with van der Waals surface area (Å²) in [6.45, 7) is 4.04. The van der Waals surface area contributed by atoms with Gasteiger partial charge in [0, 0.05) is 0 Å². The van der Waals surface area contributed by atoms with Gasteiger partial charge in [-0.25, -0.2) is 4.39 Å². The van der Waals surface area contributed by atoms with Gasteiger partial charge in [-0.2, -0.15) is 0 Å². The van der Waals surface area contributed by atoms with E-state index in [9.17, 15) is 9.18 Å². The minimum Gasteiger partial charge on any atom is -0.490 e. The van der Waals surface area contributed by atoms with Crippen LogP contribution in [0.5, 0.6) is 5.75 Å². The minimum absolute atomic E-state index is 0.257. The summed E-state index contributed by atoms with van der Waals surface area (Å²) in [5, 5.41) is 0. The molecule has 25 heavy (non-hydrogen) atoms. The molecule has 2 aromatic carbocycles. The normalized spacial score (nSPS) is 15.7. The van der Waals surface area contributed by atoms with Crippen LogP contribution in [0.1, 0.15) is 5.56 Å². The molecule has 1 fully saturated rings. The van der Waals surface area contributed by atoms with Gasteiger partial charge >= 0.3 is 0 Å². The highest BCUT2D eigenvalue weighted by molar-refractivity contribution is 8.27. The largest absolute Gasteiger partial charge is 0.490 e. The zero-order valence-corrected chi connectivity index (χ0v) is 14.8. The Hall–Kier alpha value is -2.44. The van der Waals surface area contributed by atoms with Crippen molar-refractivity contribution in [3.63, 3.8) is 0 Å². The van der Waals surface area contributed by atoms with Crippen molar-refractivity contribution in [1.82, 2.24) is 0 Å². The van der Waals surface area contributed by atoms with Gasteiger partial charge < -0.3 is 4.74 Å². The van der Waals surface area contributed by atoms with Gasteiger partial charge in [-0.05, 0) is 42.0 Å². The standard InChI is InChI=1S/C19H14FNO2S2/c1-2-10-23-16-8-6-13(7-9-16)11-17-18(22)21(19(24)25-17)15-5-3-4-14(20)12-15/h2-9,11-12H,1,10H2/b17-11-. The third-order valence-corrected chi connectivity index (χ3v) is 4.71. The SMILES string of the molecule is C=CCOc1ccc(/C=C2\SC(=S)N(c3cccc(F)c3)C2=O)cc1. The van der Waals surface area contributed by atoms with Crippen LogP contribution in [0.15, 0.2) is 66.1 Å². The molecule has 0 radical (unpaired) electrons. The van der Waals surface area contributed by atoms with Crippen LogP contribution < -0.4 is 9.64 Å². The van der Waals surface area contributed by atoms with E-state index in [2.05, 4.69) is 6.58 Å². The van der Waals surface area contributed by atoms with Gasteiger partial charge in [0.25, 0.3) is 5.91 Å². The number of thioether (sulfide) groups is 1. The second-order valence-corrected chi connectivity index (χ2v) is 6.84. The zero-order valence-electron chi connectivity index (χ0n) is 13.1. The summed E-state index contributed by atoms with van der Waals surface area (Å²) in [7, 11) is 0. The van der Waals surface area contributed by atoms with E-state index in [-0.39, 0.29) is 5.91 Å². The molecule has 6 heteroatoms. The Morgan fingerprint density at radius 2 is 2.00 bits per heavy atom. The van der Waals surface area contributed by atoms with Crippen LogP contribution in [0.3, 0.4) is 0 Å². The molecule has 126 valence electrons. The van der Waals surface area contributed by atoms with Crippen molar-refractivity contribution in [1.29, 1.82) is 0 Å². The fraction of sp³-hybridized carbons (Fsp3) is 0.0526. The zero-order chi connectivity index (χ0) is 17.8. The van der Waals surface area contributed by atoms with Crippen molar-refractivity contribution in [2.75, 3.05) is 11.5 Å². The molecule has 0 N–H and O–H groups in total. The first kappa shape index (κ1) is 17.4. The average molecular weight is 371 g/mol. The number of hydrogen-bond acceptors (Lipinski definition) is 4. The highest BCUT2D eigenvalue weighted by Crippen LogP contribution is 2.36. The van der Waals surface area contributed by atoms with E-state index in [0.29, 0.717) is 21.5 Å². The van der Waals surface area contributed by atoms with Crippen LogP contribution in [0.2, 0.25) is 0 Å². The van der Waals surface area contributed by atoms with Gasteiger partial charge in [0.15, 0.2) is 4.32 Å². The first-order chi connectivity index (χ1) is 12.1. The van der Waals surface area contributed by atoms with Gasteiger partial charge in [0.2, 0.25) is 0 Å². The molecule has 0 unspecified atom stereocenters. The van der Waals surface area contributed by atoms with Crippen molar-refractivity contribution in [3.8, 4) is 5.75 Å². The second kappa shape index (κ2) is 7.63. The third kappa shape index (κ3) is 3.97. The average Bonchev–Trinajstić information content (AvgIpc) is 2.88. The Morgan fingerprint density at radius 1 is 1.24 bits per heavy atom. The molecule has 1 saturated heterocycles. The molecule has 1 heterocycles. The number of nitrogens with zero attached hydrogens (tertiary/aromatic N) is 1. The third-order valence-electron chi connectivity index (χ3n) is 3.41. The number of anilines is 1. The maximum absolute atomic E-state index is 13.4. The lowest BCUT2D eigenvalue weighted by atomic mass is 10.2. The Kier molecular flexibility index (Phi) is 5.31. The monoisotopic (exact) mass is 371 g/mol. The molecule has 0 aliphatic carbocycles. The molecule has 2 aromatic rings. The summed E-state index contributed by atoms with van der Waals surface area (Å²) in [5.74, 6) is 0.0580. The number of hydrogen-bond donors (Lipinski definition) is 0. The Balaban J connectivity index is 1.81. The predicted octanol–water partition coefficient (Wildman–Crippen LogP) is 4.80. The summed E-state index contributed by atoms with van der Waals surface area (Å²) in [4.78, 5) is 14.5. The van der Waals surface area contributed by atoms with Gasteiger partial charge in [0.05, 0.1) is 10.6 Å². The van der Waals surface area contributed by atoms with E-state index >= 15 is 0 Å². The maximum atomic E-state index is 13.4. The molecular weight excluding hydrogens is 357 g/mol. The van der Waals surface area contributed by atoms with E-state index in [0.717, 1.165) is 11.3 Å². The van der Waals surface area contributed by atoms with Crippen LogP contribution in [0.25, 0.3) is 6.08 Å². The van der Waals surface area contributed by atoms with Crippen molar-refractivity contribution in [3.05, 3.63) is 77.5 Å². The lowest BCUT2D eigenvalue weighted by molar-refractivity contribution is -0.113. The summed E-state index contributed by atoms with van der Waals surface area (Å²) in [5.41, 5.74) is 1.28. The number of amides is 1. The van der Waals surface area contributed by atoms with Crippen molar-refractivity contribution >= 4 is 46.0 Å². The molecule has 0 spiro atoms. The van der Waals surface area contributed by atoms with Gasteiger partial charge in [-0.3, -0.25) is 9.69 Å². The summed E-state index contributed by atoms with van der Waals surface area (Å²) < 4.78 is 19.2. The Morgan fingerprint density at radius 3 is 2.68 bits per heavy atom. The molecule has 0 aromatic heterocycles. The first-order valence-corrected chi connectivity index (χ1v) is 8.68. The van der Waals surface area contributed by atoms with E-state index in [1.54, 1.807) is 24.3 Å². The summed E-state index contributed by atoms with van der Waals surface area (Å²) in [6, 6.07) is 13.2.